The van der Waals surface area contributed by atoms with Gasteiger partial charge >= 0.3 is 0 Å². The lowest BCUT2D eigenvalue weighted by Gasteiger charge is -2.32. The fourth-order valence-corrected chi connectivity index (χ4v) is 4.26. The summed E-state index contributed by atoms with van der Waals surface area (Å²) in [6, 6.07) is 8.15. The highest BCUT2D eigenvalue weighted by Crippen LogP contribution is 2.39. The van der Waals surface area contributed by atoms with Crippen LogP contribution in [0.4, 0.5) is 5.69 Å². The minimum absolute atomic E-state index is 0.0936. The number of piperidine rings is 1. The lowest BCUT2D eigenvalue weighted by atomic mass is 9.98. The van der Waals surface area contributed by atoms with E-state index in [1.54, 1.807) is 0 Å². The number of hydrogen-bond donors (Lipinski definition) is 0. The number of nitrogens with zero attached hydrogens (tertiary/aromatic N) is 5. The van der Waals surface area contributed by atoms with E-state index in [-0.39, 0.29) is 5.91 Å². The van der Waals surface area contributed by atoms with Crippen molar-refractivity contribution in [2.75, 3.05) is 24.5 Å². The number of carbonyl (C=O) groups is 1. The molecule has 3 aliphatic rings. The number of fused-ring (bicyclic) bond motifs is 1. The van der Waals surface area contributed by atoms with Gasteiger partial charge < -0.3 is 14.4 Å². The van der Waals surface area contributed by atoms with Crippen molar-refractivity contribution in [2.45, 2.75) is 51.6 Å². The van der Waals surface area contributed by atoms with Crippen LogP contribution in [0.15, 0.2) is 24.3 Å². The van der Waals surface area contributed by atoms with E-state index < -0.39 is 0 Å². The van der Waals surface area contributed by atoms with E-state index in [4.69, 9.17) is 0 Å². The van der Waals surface area contributed by atoms with Crippen LogP contribution in [0, 0.1) is 5.92 Å². The second kappa shape index (κ2) is 6.66. The van der Waals surface area contributed by atoms with Gasteiger partial charge in [-0.15, -0.1) is 10.2 Å². The Labute approximate surface area is 160 Å². The molecule has 0 atom stereocenters. The zero-order valence-corrected chi connectivity index (χ0v) is 16.0. The van der Waals surface area contributed by atoms with Gasteiger partial charge in [-0.05, 0) is 55.9 Å². The summed E-state index contributed by atoms with van der Waals surface area (Å²) in [6.07, 6.45) is 4.95. The molecule has 0 radical (unpaired) electrons. The second-order valence-corrected chi connectivity index (χ2v) is 8.34. The van der Waals surface area contributed by atoms with Gasteiger partial charge in [-0.2, -0.15) is 0 Å². The third-order valence-electron chi connectivity index (χ3n) is 6.27. The van der Waals surface area contributed by atoms with Crippen molar-refractivity contribution >= 4 is 11.6 Å². The molecular weight excluding hydrogens is 338 g/mol. The summed E-state index contributed by atoms with van der Waals surface area (Å²) in [7, 11) is 0. The van der Waals surface area contributed by atoms with Gasteiger partial charge in [0.05, 0.1) is 6.54 Å². The summed E-state index contributed by atoms with van der Waals surface area (Å²) in [5.74, 6) is 3.56. The molecule has 1 saturated heterocycles. The van der Waals surface area contributed by atoms with Gasteiger partial charge in [-0.3, -0.25) is 4.79 Å². The van der Waals surface area contributed by atoms with E-state index in [0.717, 1.165) is 49.3 Å². The number of rotatable bonds is 3. The van der Waals surface area contributed by atoms with Gasteiger partial charge in [-0.1, -0.05) is 6.92 Å². The number of anilines is 1. The molecule has 2 aliphatic heterocycles. The minimum atomic E-state index is 0.0936. The molecule has 0 bridgehead atoms. The van der Waals surface area contributed by atoms with Crippen molar-refractivity contribution in [1.82, 2.24) is 19.7 Å². The molecule has 6 nitrogen and oxygen atoms in total. The predicted molar refractivity (Wildman–Crippen MR) is 104 cm³/mol. The number of aromatic nitrogens is 3. The highest BCUT2D eigenvalue weighted by molar-refractivity contribution is 5.94. The van der Waals surface area contributed by atoms with Gasteiger partial charge in [0.25, 0.3) is 5.91 Å². The predicted octanol–water partition coefficient (Wildman–Crippen LogP) is 3.05. The standard InChI is InChI=1S/C21H27N5O/c1-15-8-10-24(11-9-15)18-6-4-17(5-7-18)21(27)25-12-13-26-19(14-25)22-23-20(26)16-2-3-16/h4-7,15-16H,2-3,8-14H2,1H3. The summed E-state index contributed by atoms with van der Waals surface area (Å²) in [6.45, 7) is 6.65. The minimum Gasteiger partial charge on any atom is -0.372 e. The van der Waals surface area contributed by atoms with Gasteiger partial charge in [0, 0.05) is 43.3 Å². The Hall–Kier alpha value is -2.37. The van der Waals surface area contributed by atoms with Gasteiger partial charge in [0.15, 0.2) is 5.82 Å². The molecule has 2 aromatic rings. The molecule has 27 heavy (non-hydrogen) atoms. The van der Waals surface area contributed by atoms with Crippen LogP contribution < -0.4 is 4.90 Å². The van der Waals surface area contributed by atoms with Crippen molar-refractivity contribution in [3.8, 4) is 0 Å². The average Bonchev–Trinajstić information content (AvgIpc) is 3.47. The second-order valence-electron chi connectivity index (χ2n) is 8.34. The van der Waals surface area contributed by atoms with Crippen molar-refractivity contribution in [2.24, 2.45) is 5.92 Å². The zero-order chi connectivity index (χ0) is 18.4. The maximum atomic E-state index is 12.9. The van der Waals surface area contributed by atoms with Crippen molar-refractivity contribution < 1.29 is 4.79 Å². The van der Waals surface area contributed by atoms with Crippen LogP contribution in [-0.2, 0) is 13.1 Å². The summed E-state index contributed by atoms with van der Waals surface area (Å²) in [4.78, 5) is 17.3. The first-order valence-corrected chi connectivity index (χ1v) is 10.3. The fraction of sp³-hybridized carbons (Fsp3) is 0.571. The van der Waals surface area contributed by atoms with Gasteiger partial charge in [0.1, 0.15) is 5.82 Å². The first-order chi connectivity index (χ1) is 13.2. The van der Waals surface area contributed by atoms with Crippen molar-refractivity contribution in [3.05, 3.63) is 41.5 Å². The third kappa shape index (κ3) is 3.22. The zero-order valence-electron chi connectivity index (χ0n) is 16.0. The summed E-state index contributed by atoms with van der Waals surface area (Å²) in [5, 5.41) is 8.70. The molecule has 0 unspecified atom stereocenters. The molecular formula is C21H27N5O. The van der Waals surface area contributed by atoms with E-state index in [2.05, 4.69) is 38.7 Å². The molecule has 0 spiro atoms. The van der Waals surface area contributed by atoms with Crippen molar-refractivity contribution in [3.63, 3.8) is 0 Å². The number of hydrogen-bond acceptors (Lipinski definition) is 4. The highest BCUT2D eigenvalue weighted by Gasteiger charge is 2.33. The quantitative estimate of drug-likeness (QED) is 0.839. The monoisotopic (exact) mass is 365 g/mol. The Bertz CT molecular complexity index is 831. The molecule has 142 valence electrons. The molecule has 1 saturated carbocycles. The van der Waals surface area contributed by atoms with Crippen LogP contribution in [0.1, 0.15) is 60.5 Å². The topological polar surface area (TPSA) is 54.3 Å². The first-order valence-electron chi connectivity index (χ1n) is 10.3. The molecule has 2 fully saturated rings. The van der Waals surface area contributed by atoms with E-state index in [1.165, 1.54) is 31.4 Å². The van der Waals surface area contributed by atoms with Gasteiger partial charge in [0.2, 0.25) is 0 Å². The largest absolute Gasteiger partial charge is 0.372 e. The van der Waals surface area contributed by atoms with Crippen molar-refractivity contribution in [1.29, 1.82) is 0 Å². The molecule has 6 heteroatoms. The van der Waals surface area contributed by atoms with E-state index in [1.807, 2.05) is 17.0 Å². The normalized spacial score (nSPS) is 20.6. The summed E-state index contributed by atoms with van der Waals surface area (Å²) >= 11 is 0. The lowest BCUT2D eigenvalue weighted by molar-refractivity contribution is 0.0706. The molecule has 1 aliphatic carbocycles. The average molecular weight is 365 g/mol. The SMILES string of the molecule is CC1CCN(c2ccc(C(=O)N3CCn4c(nnc4C4CC4)C3)cc2)CC1. The maximum Gasteiger partial charge on any atom is 0.254 e. The van der Waals surface area contributed by atoms with E-state index in [9.17, 15) is 4.79 Å². The fourth-order valence-electron chi connectivity index (χ4n) is 4.26. The Kier molecular flexibility index (Phi) is 4.14. The van der Waals surface area contributed by atoms with Crippen LogP contribution >= 0.6 is 0 Å². The maximum absolute atomic E-state index is 12.9. The Morgan fingerprint density at radius 2 is 1.70 bits per heavy atom. The Morgan fingerprint density at radius 1 is 0.963 bits per heavy atom. The third-order valence-corrected chi connectivity index (χ3v) is 6.27. The lowest BCUT2D eigenvalue weighted by Crippen LogP contribution is -2.38. The van der Waals surface area contributed by atoms with Gasteiger partial charge in [-0.25, -0.2) is 0 Å². The smallest absolute Gasteiger partial charge is 0.254 e. The van der Waals surface area contributed by atoms with Crippen LogP contribution in [0.25, 0.3) is 0 Å². The molecule has 1 aromatic heterocycles. The van der Waals surface area contributed by atoms with Crippen LogP contribution in [0.2, 0.25) is 0 Å². The first kappa shape index (κ1) is 16.8. The summed E-state index contributed by atoms with van der Waals surface area (Å²) < 4.78 is 2.22. The van der Waals surface area contributed by atoms with E-state index in [0.29, 0.717) is 12.5 Å². The Balaban J connectivity index is 1.27. The molecule has 1 aromatic carbocycles. The number of amides is 1. The van der Waals surface area contributed by atoms with Crippen LogP contribution in [0.5, 0.6) is 0 Å². The molecule has 3 heterocycles. The molecule has 5 rings (SSSR count). The number of benzene rings is 1. The molecule has 1 amide bonds. The molecule has 0 N–H and O–H groups in total. The summed E-state index contributed by atoms with van der Waals surface area (Å²) in [5.41, 5.74) is 1.99. The van der Waals surface area contributed by atoms with Crippen LogP contribution in [-0.4, -0.2) is 45.2 Å². The highest BCUT2D eigenvalue weighted by atomic mass is 16.2. The number of carbonyl (C=O) groups excluding carboxylic acids is 1. The Morgan fingerprint density at radius 3 is 2.41 bits per heavy atom. The van der Waals surface area contributed by atoms with Crippen LogP contribution in [0.3, 0.4) is 0 Å². The van der Waals surface area contributed by atoms with E-state index >= 15 is 0 Å².